The summed E-state index contributed by atoms with van der Waals surface area (Å²) in [5.74, 6) is 0.0135. The van der Waals surface area contributed by atoms with Crippen LogP contribution in [0.25, 0.3) is 0 Å². The molecule has 0 saturated carbocycles. The monoisotopic (exact) mass is 323 g/mol. The first-order chi connectivity index (χ1) is 9.22. The number of piperidine rings is 1. The minimum absolute atomic E-state index is 0.0135. The molecular formula is C14H18BrN3O. The molecule has 0 bridgehead atoms. The number of carbonyl (C=O) groups is 1. The van der Waals surface area contributed by atoms with Crippen LogP contribution in [-0.4, -0.2) is 41.0 Å². The molecule has 1 aromatic rings. The largest absolute Gasteiger partial charge is 0.349 e. The van der Waals surface area contributed by atoms with Crippen LogP contribution in [0.5, 0.6) is 0 Å². The van der Waals surface area contributed by atoms with E-state index < -0.39 is 0 Å². The van der Waals surface area contributed by atoms with Gasteiger partial charge in [-0.3, -0.25) is 4.79 Å². The van der Waals surface area contributed by atoms with E-state index in [0.717, 1.165) is 19.4 Å². The fraction of sp³-hybridized carbons (Fsp3) is 0.571. The Balaban J connectivity index is 1.61. The van der Waals surface area contributed by atoms with Crippen LogP contribution in [0.4, 0.5) is 0 Å². The van der Waals surface area contributed by atoms with E-state index in [1.165, 1.54) is 19.4 Å². The Kier molecular flexibility index (Phi) is 3.84. The summed E-state index contributed by atoms with van der Waals surface area (Å²) in [6, 6.07) is 4.52. The lowest BCUT2D eigenvalue weighted by Gasteiger charge is -2.35. The number of nitrogens with one attached hydrogen (secondary N) is 1. The van der Waals surface area contributed by atoms with Gasteiger partial charge >= 0.3 is 0 Å². The highest BCUT2D eigenvalue weighted by molar-refractivity contribution is 9.10. The smallest absolute Gasteiger partial charge is 0.251 e. The number of fused-ring (bicyclic) bond motifs is 1. The van der Waals surface area contributed by atoms with Crippen LogP contribution in [0.2, 0.25) is 0 Å². The molecule has 2 atom stereocenters. The molecule has 0 spiro atoms. The van der Waals surface area contributed by atoms with E-state index in [2.05, 4.69) is 31.1 Å². The third-order valence-electron chi connectivity index (χ3n) is 4.14. The van der Waals surface area contributed by atoms with Crippen molar-refractivity contribution < 1.29 is 4.79 Å². The van der Waals surface area contributed by atoms with Crippen molar-refractivity contribution in [2.45, 2.75) is 37.8 Å². The molecule has 4 nitrogen and oxygen atoms in total. The number of rotatable bonds is 2. The summed E-state index contributed by atoms with van der Waals surface area (Å²) in [5, 5.41) is 3.16. The summed E-state index contributed by atoms with van der Waals surface area (Å²) < 4.78 is 0.700. The second-order valence-corrected chi connectivity index (χ2v) is 6.21. The zero-order valence-electron chi connectivity index (χ0n) is 10.8. The van der Waals surface area contributed by atoms with Crippen molar-refractivity contribution in [3.63, 3.8) is 0 Å². The Bertz CT molecular complexity index is 480. The van der Waals surface area contributed by atoms with E-state index in [-0.39, 0.29) is 5.91 Å². The molecule has 0 aromatic carbocycles. The molecule has 3 rings (SSSR count). The van der Waals surface area contributed by atoms with E-state index in [4.69, 9.17) is 0 Å². The van der Waals surface area contributed by atoms with Gasteiger partial charge in [-0.25, -0.2) is 4.98 Å². The number of hydrogen-bond acceptors (Lipinski definition) is 3. The molecule has 0 aliphatic carbocycles. The van der Waals surface area contributed by atoms with Gasteiger partial charge in [-0.1, -0.05) is 0 Å². The maximum atomic E-state index is 12.2. The normalized spacial score (nSPS) is 27.0. The maximum absolute atomic E-state index is 12.2. The first kappa shape index (κ1) is 13.1. The Hall–Kier alpha value is -0.940. The molecule has 1 aromatic heterocycles. The van der Waals surface area contributed by atoms with E-state index in [9.17, 15) is 4.79 Å². The second kappa shape index (κ2) is 5.59. The Morgan fingerprint density at radius 2 is 2.32 bits per heavy atom. The number of amides is 1. The van der Waals surface area contributed by atoms with E-state index >= 15 is 0 Å². The summed E-state index contributed by atoms with van der Waals surface area (Å²) in [7, 11) is 0. The van der Waals surface area contributed by atoms with Crippen LogP contribution in [0.15, 0.2) is 22.9 Å². The van der Waals surface area contributed by atoms with Crippen molar-refractivity contribution in [1.29, 1.82) is 0 Å². The number of halogens is 1. The van der Waals surface area contributed by atoms with Gasteiger partial charge in [0.2, 0.25) is 0 Å². The van der Waals surface area contributed by atoms with Crippen molar-refractivity contribution in [1.82, 2.24) is 15.2 Å². The molecule has 2 aliphatic rings. The lowest BCUT2D eigenvalue weighted by Crippen LogP contribution is -2.47. The van der Waals surface area contributed by atoms with Gasteiger partial charge in [-0.05, 0) is 60.3 Å². The van der Waals surface area contributed by atoms with Crippen LogP contribution in [-0.2, 0) is 0 Å². The molecule has 2 fully saturated rings. The molecule has 5 heteroatoms. The highest BCUT2D eigenvalue weighted by Crippen LogP contribution is 2.27. The fourth-order valence-corrected chi connectivity index (χ4v) is 3.53. The predicted molar refractivity (Wildman–Crippen MR) is 77.0 cm³/mol. The number of hydrogen-bond donors (Lipinski definition) is 1. The topological polar surface area (TPSA) is 45.2 Å². The number of pyridine rings is 1. The lowest BCUT2D eigenvalue weighted by molar-refractivity contribution is 0.0896. The quantitative estimate of drug-likeness (QED) is 0.849. The first-order valence-corrected chi connectivity index (χ1v) is 7.68. The highest BCUT2D eigenvalue weighted by atomic mass is 79.9. The molecule has 2 unspecified atom stereocenters. The molecular weight excluding hydrogens is 306 g/mol. The third kappa shape index (κ3) is 2.98. The van der Waals surface area contributed by atoms with Gasteiger partial charge in [-0.15, -0.1) is 0 Å². The van der Waals surface area contributed by atoms with Gasteiger partial charge < -0.3 is 10.2 Å². The van der Waals surface area contributed by atoms with Crippen molar-refractivity contribution in [2.24, 2.45) is 0 Å². The summed E-state index contributed by atoms with van der Waals surface area (Å²) in [6.07, 6.45) is 6.40. The van der Waals surface area contributed by atoms with E-state index in [1.54, 1.807) is 18.3 Å². The van der Waals surface area contributed by atoms with Gasteiger partial charge in [-0.2, -0.15) is 0 Å². The number of nitrogens with zero attached hydrogens (tertiary/aromatic N) is 2. The first-order valence-electron chi connectivity index (χ1n) is 6.89. The minimum Gasteiger partial charge on any atom is -0.349 e. The molecule has 3 heterocycles. The van der Waals surface area contributed by atoms with E-state index in [0.29, 0.717) is 22.3 Å². The number of aromatic nitrogens is 1. The minimum atomic E-state index is 0.0135. The van der Waals surface area contributed by atoms with Crippen LogP contribution in [0.3, 0.4) is 0 Å². The maximum Gasteiger partial charge on any atom is 0.251 e. The van der Waals surface area contributed by atoms with Crippen LogP contribution >= 0.6 is 15.9 Å². The standard InChI is InChI=1S/C14H18BrN3O/c15-13-8-10(3-5-16-13)14(19)17-11-4-7-18-6-1-2-12(18)9-11/h3,5,8,11-12H,1-2,4,6-7,9H2,(H,17,19). The summed E-state index contributed by atoms with van der Waals surface area (Å²) in [4.78, 5) is 18.8. The predicted octanol–water partition coefficient (Wildman–Crippen LogP) is 2.20. The zero-order valence-corrected chi connectivity index (χ0v) is 12.4. The van der Waals surface area contributed by atoms with Gasteiger partial charge in [0.05, 0.1) is 0 Å². The lowest BCUT2D eigenvalue weighted by atomic mass is 9.97. The average Bonchev–Trinajstić information content (AvgIpc) is 2.86. The van der Waals surface area contributed by atoms with Crippen LogP contribution in [0.1, 0.15) is 36.0 Å². The number of carbonyl (C=O) groups excluding carboxylic acids is 1. The van der Waals surface area contributed by atoms with Crippen LogP contribution in [0, 0.1) is 0 Å². The molecule has 1 amide bonds. The summed E-state index contributed by atoms with van der Waals surface area (Å²) in [6.45, 7) is 2.36. The average molecular weight is 324 g/mol. The Labute approximate surface area is 121 Å². The van der Waals surface area contributed by atoms with Crippen LogP contribution < -0.4 is 5.32 Å². The molecule has 19 heavy (non-hydrogen) atoms. The summed E-state index contributed by atoms with van der Waals surface area (Å²) >= 11 is 3.29. The van der Waals surface area contributed by atoms with Crippen molar-refractivity contribution in [2.75, 3.05) is 13.1 Å². The van der Waals surface area contributed by atoms with Crippen molar-refractivity contribution in [3.05, 3.63) is 28.5 Å². The molecule has 1 N–H and O–H groups in total. The Morgan fingerprint density at radius 3 is 3.16 bits per heavy atom. The molecule has 2 aliphatic heterocycles. The zero-order chi connectivity index (χ0) is 13.2. The fourth-order valence-electron chi connectivity index (χ4n) is 3.17. The van der Waals surface area contributed by atoms with Gasteiger partial charge in [0.15, 0.2) is 0 Å². The second-order valence-electron chi connectivity index (χ2n) is 5.39. The van der Waals surface area contributed by atoms with Crippen molar-refractivity contribution >= 4 is 21.8 Å². The van der Waals surface area contributed by atoms with Gasteiger partial charge in [0, 0.05) is 30.4 Å². The van der Waals surface area contributed by atoms with Gasteiger partial charge in [0.1, 0.15) is 4.60 Å². The van der Waals surface area contributed by atoms with Gasteiger partial charge in [0.25, 0.3) is 5.91 Å². The Morgan fingerprint density at radius 1 is 1.42 bits per heavy atom. The highest BCUT2D eigenvalue weighted by Gasteiger charge is 2.32. The summed E-state index contributed by atoms with van der Waals surface area (Å²) in [5.41, 5.74) is 0.677. The molecule has 102 valence electrons. The molecule has 2 saturated heterocycles. The SMILES string of the molecule is O=C(NC1CCN2CCCC2C1)c1ccnc(Br)c1. The van der Waals surface area contributed by atoms with Crippen molar-refractivity contribution in [3.8, 4) is 0 Å². The third-order valence-corrected chi connectivity index (χ3v) is 4.58. The van der Waals surface area contributed by atoms with E-state index in [1.807, 2.05) is 0 Å². The molecule has 0 radical (unpaired) electrons.